The predicted octanol–water partition coefficient (Wildman–Crippen LogP) is 6.16. The summed E-state index contributed by atoms with van der Waals surface area (Å²) < 4.78 is 13.6. The molecular weight excluding hydrogens is 468 g/mol. The minimum Gasteiger partial charge on any atom is -0.349 e. The summed E-state index contributed by atoms with van der Waals surface area (Å²) in [7, 11) is -1.54. The molecule has 0 spiro atoms. The van der Waals surface area contributed by atoms with Crippen molar-refractivity contribution in [2.75, 3.05) is 4.90 Å². The van der Waals surface area contributed by atoms with Gasteiger partial charge in [-0.15, -0.1) is 0 Å². The molecule has 0 bridgehead atoms. The number of carbonyl (C=O) groups is 2. The molecule has 5 nitrogen and oxygen atoms in total. The number of hydrogen-bond acceptors (Lipinski definition) is 3. The first-order chi connectivity index (χ1) is 17.5. The smallest absolute Gasteiger partial charge is 0.259 e. The van der Waals surface area contributed by atoms with Crippen LogP contribution in [-0.2, 0) is 17.3 Å². The van der Waals surface area contributed by atoms with Crippen LogP contribution in [0.2, 0.25) is 0 Å². The normalized spacial score (nSPS) is 18.4. The van der Waals surface area contributed by atoms with Crippen molar-refractivity contribution in [3.63, 3.8) is 0 Å². The van der Waals surface area contributed by atoms with Crippen LogP contribution in [0.1, 0.15) is 76.8 Å². The first-order valence-electron chi connectivity index (χ1n) is 12.8. The van der Waals surface area contributed by atoms with Crippen molar-refractivity contribution in [3.05, 3.63) is 89.0 Å². The van der Waals surface area contributed by atoms with Crippen molar-refractivity contribution >= 4 is 28.3 Å². The maximum absolute atomic E-state index is 13.8. The maximum Gasteiger partial charge on any atom is 0.259 e. The molecule has 3 aromatic carbocycles. The van der Waals surface area contributed by atoms with E-state index < -0.39 is 10.8 Å². The van der Waals surface area contributed by atoms with Gasteiger partial charge in [-0.2, -0.15) is 0 Å². The van der Waals surface area contributed by atoms with Gasteiger partial charge in [-0.3, -0.25) is 9.59 Å². The molecule has 0 saturated heterocycles. The number of nitrogens with zero attached hydrogens (tertiary/aromatic N) is 1. The summed E-state index contributed by atoms with van der Waals surface area (Å²) >= 11 is 0. The van der Waals surface area contributed by atoms with Crippen LogP contribution in [0, 0.1) is 6.92 Å². The zero-order chi connectivity index (χ0) is 25.1. The summed E-state index contributed by atoms with van der Waals surface area (Å²) in [5.41, 5.74) is 3.53. The van der Waals surface area contributed by atoms with Gasteiger partial charge in [0.25, 0.3) is 11.8 Å². The van der Waals surface area contributed by atoms with E-state index in [9.17, 15) is 13.8 Å². The van der Waals surface area contributed by atoms with Crippen LogP contribution in [0.3, 0.4) is 0 Å². The third-order valence-electron chi connectivity index (χ3n) is 7.30. The number of anilines is 1. The molecular formula is C30H32N2O3S. The van der Waals surface area contributed by atoms with Crippen molar-refractivity contribution in [2.24, 2.45) is 0 Å². The number of aryl methyl sites for hydroxylation is 1. The highest BCUT2D eigenvalue weighted by molar-refractivity contribution is 7.85. The largest absolute Gasteiger partial charge is 0.349 e. The lowest BCUT2D eigenvalue weighted by molar-refractivity contribution is 0.0928. The number of fused-ring (bicyclic) bond motifs is 2. The van der Waals surface area contributed by atoms with Gasteiger partial charge in [0.15, 0.2) is 0 Å². The Balaban J connectivity index is 1.53. The zero-order valence-corrected chi connectivity index (χ0v) is 21.5. The molecule has 0 radical (unpaired) electrons. The van der Waals surface area contributed by atoms with E-state index in [0.29, 0.717) is 33.2 Å². The van der Waals surface area contributed by atoms with Gasteiger partial charge in [0.1, 0.15) is 0 Å². The van der Waals surface area contributed by atoms with Gasteiger partial charge in [0.05, 0.1) is 38.4 Å². The van der Waals surface area contributed by atoms with Gasteiger partial charge in [0, 0.05) is 11.6 Å². The Hall–Kier alpha value is -3.25. The molecule has 1 aliphatic heterocycles. The molecule has 3 aromatic rings. The number of benzene rings is 3. The van der Waals surface area contributed by atoms with Crippen molar-refractivity contribution in [1.82, 2.24) is 5.32 Å². The fourth-order valence-corrected chi connectivity index (χ4v) is 6.53. The Morgan fingerprint density at radius 2 is 1.61 bits per heavy atom. The second-order valence-corrected chi connectivity index (χ2v) is 11.2. The average Bonchev–Trinajstić information content (AvgIpc) is 2.96. The quantitative estimate of drug-likeness (QED) is 0.466. The second-order valence-electron chi connectivity index (χ2n) is 9.78. The average molecular weight is 501 g/mol. The van der Waals surface area contributed by atoms with E-state index in [0.717, 1.165) is 36.8 Å². The summed E-state index contributed by atoms with van der Waals surface area (Å²) in [6.45, 7) is 2.35. The standard InChI is InChI=1S/C30H32N2O3S/c1-21-11-7-8-12-23(21)20-32-26-19-22(29(33)31-24-13-5-3-2-4-6-14-24)17-18-28(26)36(35)27-16-10-9-15-25(27)30(32)34/h7-12,15-19,24H,2-6,13-14,20H2,1H3,(H,31,33)/t36-/m1/s1. The minimum atomic E-state index is -1.54. The number of hydrogen-bond donors (Lipinski definition) is 1. The molecule has 1 fully saturated rings. The van der Waals surface area contributed by atoms with Gasteiger partial charge in [0.2, 0.25) is 0 Å². The summed E-state index contributed by atoms with van der Waals surface area (Å²) in [4.78, 5) is 29.8. The lowest BCUT2D eigenvalue weighted by Gasteiger charge is -2.25. The lowest BCUT2D eigenvalue weighted by Crippen LogP contribution is -2.35. The highest BCUT2D eigenvalue weighted by Gasteiger charge is 2.32. The zero-order valence-electron chi connectivity index (χ0n) is 20.7. The fourth-order valence-electron chi connectivity index (χ4n) is 5.19. The highest BCUT2D eigenvalue weighted by atomic mass is 32.2. The van der Waals surface area contributed by atoms with Crippen LogP contribution >= 0.6 is 0 Å². The van der Waals surface area contributed by atoms with Crippen LogP contribution in [0.4, 0.5) is 5.69 Å². The molecule has 1 saturated carbocycles. The minimum absolute atomic E-state index is 0.140. The molecule has 2 amide bonds. The predicted molar refractivity (Wildman–Crippen MR) is 143 cm³/mol. The van der Waals surface area contributed by atoms with Gasteiger partial charge in [-0.05, 0) is 61.2 Å². The van der Waals surface area contributed by atoms with Gasteiger partial charge in [-0.25, -0.2) is 4.21 Å². The molecule has 2 aliphatic rings. The molecule has 5 rings (SSSR count). The van der Waals surface area contributed by atoms with Crippen LogP contribution < -0.4 is 10.2 Å². The number of amides is 2. The van der Waals surface area contributed by atoms with Crippen molar-refractivity contribution in [1.29, 1.82) is 0 Å². The first kappa shape index (κ1) is 24.4. The highest BCUT2D eigenvalue weighted by Crippen LogP contribution is 2.36. The third kappa shape index (κ3) is 5.00. The van der Waals surface area contributed by atoms with Gasteiger partial charge >= 0.3 is 0 Å². The molecule has 1 heterocycles. The van der Waals surface area contributed by atoms with Crippen LogP contribution in [0.15, 0.2) is 76.5 Å². The summed E-state index contributed by atoms with van der Waals surface area (Å²) in [5.74, 6) is -0.349. The summed E-state index contributed by atoms with van der Waals surface area (Å²) in [5, 5.41) is 3.22. The van der Waals surface area contributed by atoms with Crippen molar-refractivity contribution in [3.8, 4) is 0 Å². The topological polar surface area (TPSA) is 66.5 Å². The van der Waals surface area contributed by atoms with Gasteiger partial charge in [-0.1, -0.05) is 68.5 Å². The van der Waals surface area contributed by atoms with Crippen molar-refractivity contribution in [2.45, 2.75) is 74.2 Å². The van der Waals surface area contributed by atoms with E-state index in [4.69, 9.17) is 0 Å². The number of rotatable bonds is 4. The molecule has 0 unspecified atom stereocenters. The lowest BCUT2D eigenvalue weighted by atomic mass is 9.96. The number of carbonyl (C=O) groups excluding carboxylic acids is 2. The second kappa shape index (κ2) is 10.8. The van der Waals surface area contributed by atoms with Crippen LogP contribution in [0.25, 0.3) is 0 Å². The van der Waals surface area contributed by atoms with E-state index in [1.54, 1.807) is 47.4 Å². The molecule has 0 aromatic heterocycles. The van der Waals surface area contributed by atoms with Gasteiger partial charge < -0.3 is 10.2 Å². The Labute approximate surface area is 215 Å². The molecule has 1 N–H and O–H groups in total. The monoisotopic (exact) mass is 500 g/mol. The molecule has 1 aliphatic carbocycles. The van der Waals surface area contributed by atoms with Crippen molar-refractivity contribution < 1.29 is 13.8 Å². The summed E-state index contributed by atoms with van der Waals surface area (Å²) in [6, 6.07) is 20.4. The molecule has 36 heavy (non-hydrogen) atoms. The van der Waals surface area contributed by atoms with Crippen LogP contribution in [0.5, 0.6) is 0 Å². The Morgan fingerprint density at radius 3 is 2.39 bits per heavy atom. The van der Waals surface area contributed by atoms with E-state index in [1.165, 1.54) is 19.3 Å². The maximum atomic E-state index is 13.8. The Kier molecular flexibility index (Phi) is 7.33. The fraction of sp³-hybridized carbons (Fsp3) is 0.333. The SMILES string of the molecule is Cc1ccccc1CN1C(=O)c2ccccc2[S@@](=O)c2ccc(C(=O)NC3CCCCCCC3)cc21. The first-order valence-corrected chi connectivity index (χ1v) is 14.0. The molecule has 1 atom stereocenters. The van der Waals surface area contributed by atoms with E-state index in [2.05, 4.69) is 5.32 Å². The van der Waals surface area contributed by atoms with E-state index >= 15 is 0 Å². The molecule has 186 valence electrons. The number of nitrogens with one attached hydrogen (secondary N) is 1. The summed E-state index contributed by atoms with van der Waals surface area (Å²) in [6.07, 6.45) is 7.95. The Bertz CT molecular complexity index is 1310. The van der Waals surface area contributed by atoms with Crippen LogP contribution in [-0.4, -0.2) is 22.1 Å². The van der Waals surface area contributed by atoms with E-state index in [1.807, 2.05) is 31.2 Å². The Morgan fingerprint density at radius 1 is 0.917 bits per heavy atom. The third-order valence-corrected chi connectivity index (χ3v) is 8.80. The molecule has 6 heteroatoms. The van der Waals surface area contributed by atoms with E-state index in [-0.39, 0.29) is 17.9 Å².